The molecule has 6 nitrogen and oxygen atoms in total. The first-order valence-corrected chi connectivity index (χ1v) is 32.4. The van der Waals surface area contributed by atoms with Crippen molar-refractivity contribution in [1.29, 1.82) is 0 Å². The number of ether oxygens (including phenoxy) is 3. The Morgan fingerprint density at radius 1 is 0.280 bits per heavy atom. The van der Waals surface area contributed by atoms with Gasteiger partial charge in [0.05, 0.1) is 0 Å². The van der Waals surface area contributed by atoms with E-state index in [2.05, 4.69) is 93.7 Å². The van der Waals surface area contributed by atoms with Gasteiger partial charge in [-0.3, -0.25) is 14.4 Å². The molecule has 0 amide bonds. The summed E-state index contributed by atoms with van der Waals surface area (Å²) in [7, 11) is 0. The lowest BCUT2D eigenvalue weighted by molar-refractivity contribution is -0.167. The zero-order valence-electron chi connectivity index (χ0n) is 49.8. The third-order valence-corrected chi connectivity index (χ3v) is 14.2. The highest BCUT2D eigenvalue weighted by atomic mass is 16.6. The Labute approximate surface area is 465 Å². The largest absolute Gasteiger partial charge is 0.462 e. The van der Waals surface area contributed by atoms with Gasteiger partial charge in [0.25, 0.3) is 0 Å². The third kappa shape index (κ3) is 61.6. The lowest BCUT2D eigenvalue weighted by Crippen LogP contribution is -2.30. The van der Waals surface area contributed by atoms with Crippen molar-refractivity contribution in [2.45, 2.75) is 335 Å². The smallest absolute Gasteiger partial charge is 0.306 e. The highest BCUT2D eigenvalue weighted by Crippen LogP contribution is 2.17. The molecule has 0 aliphatic heterocycles. The molecule has 0 N–H and O–H groups in total. The molecular formula is C69H122O6. The molecule has 0 spiro atoms. The molecule has 0 heterocycles. The summed E-state index contributed by atoms with van der Waals surface area (Å²) in [5.74, 6) is -0.911. The van der Waals surface area contributed by atoms with Gasteiger partial charge in [-0.2, -0.15) is 0 Å². The Kier molecular flexibility index (Phi) is 60.7. The molecule has 0 aromatic carbocycles. The average Bonchev–Trinajstić information content (AvgIpc) is 3.41. The van der Waals surface area contributed by atoms with E-state index in [-0.39, 0.29) is 31.1 Å². The first-order chi connectivity index (χ1) is 37.0. The van der Waals surface area contributed by atoms with Gasteiger partial charge in [0.2, 0.25) is 0 Å². The van der Waals surface area contributed by atoms with Crippen LogP contribution in [0.3, 0.4) is 0 Å². The SMILES string of the molecule is CC/C=C\C/C=C\C/C=C\C/C=C\CCCCCCC(=O)OC(COC(=O)CCCCCCC/C=C\C/C=C\CCCCC)COC(=O)CCCCCCCCCCCCCCCCCCCCCCCCCCC. The van der Waals surface area contributed by atoms with E-state index >= 15 is 0 Å². The zero-order valence-corrected chi connectivity index (χ0v) is 49.8. The third-order valence-electron chi connectivity index (χ3n) is 14.2. The van der Waals surface area contributed by atoms with Crippen LogP contribution >= 0.6 is 0 Å². The molecule has 0 bridgehead atoms. The monoisotopic (exact) mass is 1050 g/mol. The van der Waals surface area contributed by atoms with Crippen molar-refractivity contribution in [2.24, 2.45) is 0 Å². The molecule has 0 aliphatic rings. The van der Waals surface area contributed by atoms with Crippen LogP contribution in [0.4, 0.5) is 0 Å². The van der Waals surface area contributed by atoms with E-state index in [9.17, 15) is 14.4 Å². The number of carbonyl (C=O) groups excluding carboxylic acids is 3. The van der Waals surface area contributed by atoms with Crippen LogP contribution in [0.2, 0.25) is 0 Å². The number of hydrogen-bond acceptors (Lipinski definition) is 6. The first-order valence-electron chi connectivity index (χ1n) is 32.4. The Morgan fingerprint density at radius 2 is 0.520 bits per heavy atom. The summed E-state index contributed by atoms with van der Waals surface area (Å²) >= 11 is 0. The van der Waals surface area contributed by atoms with E-state index in [1.54, 1.807) is 0 Å². The molecule has 434 valence electrons. The van der Waals surface area contributed by atoms with Gasteiger partial charge in [-0.25, -0.2) is 0 Å². The summed E-state index contributed by atoms with van der Waals surface area (Å²) in [4.78, 5) is 38.3. The first kappa shape index (κ1) is 71.8. The summed E-state index contributed by atoms with van der Waals surface area (Å²) in [6.07, 6.45) is 82.0. The number of allylic oxidation sites excluding steroid dienone is 12. The summed E-state index contributed by atoms with van der Waals surface area (Å²) in [6, 6.07) is 0. The second-order valence-corrected chi connectivity index (χ2v) is 21.6. The van der Waals surface area contributed by atoms with Crippen molar-refractivity contribution >= 4 is 17.9 Å². The molecule has 0 fully saturated rings. The highest BCUT2D eigenvalue weighted by Gasteiger charge is 2.19. The molecule has 0 aromatic heterocycles. The molecule has 1 unspecified atom stereocenters. The molecule has 0 rings (SSSR count). The number of rotatable bonds is 59. The van der Waals surface area contributed by atoms with Gasteiger partial charge in [-0.1, -0.05) is 293 Å². The van der Waals surface area contributed by atoms with Gasteiger partial charge in [0, 0.05) is 19.3 Å². The zero-order chi connectivity index (χ0) is 54.3. The molecule has 0 aromatic rings. The average molecular weight is 1050 g/mol. The molecule has 0 aliphatic carbocycles. The molecule has 0 saturated heterocycles. The Morgan fingerprint density at radius 3 is 0.840 bits per heavy atom. The van der Waals surface area contributed by atoms with Crippen LogP contribution in [0.5, 0.6) is 0 Å². The van der Waals surface area contributed by atoms with E-state index in [1.807, 2.05) is 0 Å². The number of hydrogen-bond donors (Lipinski definition) is 0. The van der Waals surface area contributed by atoms with E-state index in [0.29, 0.717) is 19.3 Å². The molecule has 0 saturated carbocycles. The normalized spacial score (nSPS) is 12.5. The maximum absolute atomic E-state index is 12.9. The van der Waals surface area contributed by atoms with E-state index in [0.717, 1.165) is 116 Å². The van der Waals surface area contributed by atoms with Crippen LogP contribution in [0.25, 0.3) is 0 Å². The van der Waals surface area contributed by atoms with Crippen molar-refractivity contribution in [1.82, 2.24) is 0 Å². The topological polar surface area (TPSA) is 78.9 Å². The summed E-state index contributed by atoms with van der Waals surface area (Å²) in [6.45, 7) is 6.51. The van der Waals surface area contributed by atoms with Crippen LogP contribution in [0.15, 0.2) is 72.9 Å². The second kappa shape index (κ2) is 63.4. The van der Waals surface area contributed by atoms with Crippen LogP contribution < -0.4 is 0 Å². The molecule has 6 heteroatoms. The van der Waals surface area contributed by atoms with Crippen LogP contribution in [-0.2, 0) is 28.6 Å². The summed E-state index contributed by atoms with van der Waals surface area (Å²) < 4.78 is 16.9. The molecule has 1 atom stereocenters. The van der Waals surface area contributed by atoms with E-state index in [1.165, 1.54) is 173 Å². The minimum atomic E-state index is -0.794. The molecular weight excluding hydrogens is 925 g/mol. The van der Waals surface area contributed by atoms with Crippen LogP contribution in [-0.4, -0.2) is 37.2 Å². The summed E-state index contributed by atoms with van der Waals surface area (Å²) in [5.41, 5.74) is 0. The Bertz CT molecular complexity index is 1390. The van der Waals surface area contributed by atoms with Crippen molar-refractivity contribution < 1.29 is 28.6 Å². The number of carbonyl (C=O) groups is 3. The standard InChI is InChI=1S/C69H122O6/c1-4-7-10-13-16-19-22-25-28-30-31-32-33-34-35-36-37-39-41-44-47-50-53-56-59-62-68(71)74-65-66(64-73-67(70)61-58-55-52-49-46-43-40-27-24-21-18-15-12-9-6-3)75-69(72)63-60-57-54-51-48-45-42-38-29-26-23-20-17-14-11-8-5-2/h8,11,17-18,20-21,26-27,29,40,42,45,66H,4-7,9-10,12-16,19,22-25,28,30-39,41,43-44,46-65H2,1-3H3/b11-8-,20-17-,21-18-,29-26-,40-27-,45-42-. The van der Waals surface area contributed by atoms with Gasteiger partial charge in [-0.05, 0) is 89.9 Å². The van der Waals surface area contributed by atoms with Crippen molar-refractivity contribution in [2.75, 3.05) is 13.2 Å². The van der Waals surface area contributed by atoms with Crippen molar-refractivity contribution in [3.63, 3.8) is 0 Å². The highest BCUT2D eigenvalue weighted by molar-refractivity contribution is 5.71. The fourth-order valence-corrected chi connectivity index (χ4v) is 9.35. The van der Waals surface area contributed by atoms with Gasteiger partial charge in [0.1, 0.15) is 13.2 Å². The maximum Gasteiger partial charge on any atom is 0.306 e. The fourth-order valence-electron chi connectivity index (χ4n) is 9.35. The predicted octanol–water partition coefficient (Wildman–Crippen LogP) is 22.1. The summed E-state index contributed by atoms with van der Waals surface area (Å²) in [5, 5.41) is 0. The van der Waals surface area contributed by atoms with Crippen molar-refractivity contribution in [3.05, 3.63) is 72.9 Å². The molecule has 75 heavy (non-hydrogen) atoms. The van der Waals surface area contributed by atoms with Gasteiger partial charge < -0.3 is 14.2 Å². The van der Waals surface area contributed by atoms with Crippen LogP contribution in [0.1, 0.15) is 329 Å². The van der Waals surface area contributed by atoms with Gasteiger partial charge >= 0.3 is 17.9 Å². The van der Waals surface area contributed by atoms with E-state index in [4.69, 9.17) is 14.2 Å². The predicted molar refractivity (Wildman–Crippen MR) is 325 cm³/mol. The van der Waals surface area contributed by atoms with Gasteiger partial charge in [0.15, 0.2) is 6.10 Å². The lowest BCUT2D eigenvalue weighted by atomic mass is 10.0. The number of unbranched alkanes of at least 4 members (excludes halogenated alkanes) is 36. The van der Waals surface area contributed by atoms with Crippen molar-refractivity contribution in [3.8, 4) is 0 Å². The van der Waals surface area contributed by atoms with Crippen LogP contribution in [0, 0.1) is 0 Å². The maximum atomic E-state index is 12.9. The quantitative estimate of drug-likeness (QED) is 0.0261. The van der Waals surface area contributed by atoms with E-state index < -0.39 is 6.10 Å². The van der Waals surface area contributed by atoms with Gasteiger partial charge in [-0.15, -0.1) is 0 Å². The Balaban J connectivity index is 4.31. The minimum Gasteiger partial charge on any atom is -0.462 e. The fraction of sp³-hybridized carbons (Fsp3) is 0.783. The minimum absolute atomic E-state index is 0.0874. The Hall–Kier alpha value is -3.15. The molecule has 0 radical (unpaired) electrons. The lowest BCUT2D eigenvalue weighted by Gasteiger charge is -2.18. The number of esters is 3. The second-order valence-electron chi connectivity index (χ2n) is 21.6.